The van der Waals surface area contributed by atoms with Crippen LogP contribution in [0.1, 0.15) is 38.6 Å². The second kappa shape index (κ2) is 4.45. The van der Waals surface area contributed by atoms with Crippen LogP contribution in [0.3, 0.4) is 0 Å². The van der Waals surface area contributed by atoms with E-state index in [0.717, 1.165) is 16.9 Å². The summed E-state index contributed by atoms with van der Waals surface area (Å²) in [6.45, 7) is 6.71. The van der Waals surface area contributed by atoms with Crippen molar-refractivity contribution in [3.63, 3.8) is 0 Å². The minimum Gasteiger partial charge on any atom is -0.330 e. The normalized spacial score (nSPS) is 13.5. The fourth-order valence-electron chi connectivity index (χ4n) is 2.08. The van der Waals surface area contributed by atoms with Crippen LogP contribution >= 0.6 is 0 Å². The molecule has 1 aromatic carbocycles. The van der Waals surface area contributed by atoms with Crippen molar-refractivity contribution in [2.45, 2.75) is 32.7 Å². The Morgan fingerprint density at radius 1 is 1.35 bits per heavy atom. The first-order chi connectivity index (χ1) is 8.04. The summed E-state index contributed by atoms with van der Waals surface area (Å²) in [5.41, 5.74) is 7.37. The highest BCUT2D eigenvalue weighted by Crippen LogP contribution is 2.26. The van der Waals surface area contributed by atoms with Gasteiger partial charge in [-0.2, -0.15) is 0 Å². The van der Waals surface area contributed by atoms with E-state index in [1.807, 2.05) is 6.92 Å². The number of rotatable bonds is 3. The molecule has 1 unspecified atom stereocenters. The van der Waals surface area contributed by atoms with E-state index in [0.29, 0.717) is 6.54 Å². The van der Waals surface area contributed by atoms with E-state index in [1.165, 1.54) is 12.1 Å². The molecule has 0 fully saturated rings. The topological polar surface area (TPSA) is 43.8 Å². The Hall–Kier alpha value is -1.42. The van der Waals surface area contributed by atoms with Crippen molar-refractivity contribution in [1.82, 2.24) is 9.55 Å². The third-order valence-electron chi connectivity index (χ3n) is 2.99. The van der Waals surface area contributed by atoms with Crippen LogP contribution in [0.4, 0.5) is 4.39 Å². The Labute approximate surface area is 100 Å². The van der Waals surface area contributed by atoms with E-state index in [9.17, 15) is 4.39 Å². The van der Waals surface area contributed by atoms with Gasteiger partial charge in [0.2, 0.25) is 0 Å². The maximum atomic E-state index is 13.3. The molecule has 0 aliphatic carbocycles. The summed E-state index contributed by atoms with van der Waals surface area (Å²) in [6.07, 6.45) is 0. The highest BCUT2D eigenvalue weighted by atomic mass is 19.1. The number of nitrogens with zero attached hydrogens (tertiary/aromatic N) is 2. The molecule has 0 saturated carbocycles. The lowest BCUT2D eigenvalue weighted by atomic mass is 10.1. The van der Waals surface area contributed by atoms with Crippen LogP contribution in [0.5, 0.6) is 0 Å². The van der Waals surface area contributed by atoms with E-state index >= 15 is 0 Å². The third kappa shape index (κ3) is 2.05. The lowest BCUT2D eigenvalue weighted by Crippen LogP contribution is -2.16. The highest BCUT2D eigenvalue weighted by molar-refractivity contribution is 5.76. The predicted octanol–water partition coefficient (Wildman–Crippen LogP) is 2.82. The minimum atomic E-state index is -0.230. The van der Waals surface area contributed by atoms with Gasteiger partial charge in [-0.3, -0.25) is 0 Å². The van der Waals surface area contributed by atoms with Gasteiger partial charge in [0.15, 0.2) is 0 Å². The van der Waals surface area contributed by atoms with Crippen LogP contribution in [-0.4, -0.2) is 16.1 Å². The molecule has 1 atom stereocenters. The number of hydrogen-bond acceptors (Lipinski definition) is 2. The molecule has 0 spiro atoms. The monoisotopic (exact) mass is 235 g/mol. The summed E-state index contributed by atoms with van der Waals surface area (Å²) in [7, 11) is 0. The van der Waals surface area contributed by atoms with Crippen molar-refractivity contribution in [3.8, 4) is 0 Å². The summed E-state index contributed by atoms with van der Waals surface area (Å²) >= 11 is 0. The Morgan fingerprint density at radius 2 is 2.06 bits per heavy atom. The second-order valence-electron chi connectivity index (χ2n) is 4.70. The molecule has 1 aromatic heterocycles. The fourth-order valence-corrected chi connectivity index (χ4v) is 2.08. The van der Waals surface area contributed by atoms with Crippen molar-refractivity contribution in [2.24, 2.45) is 5.73 Å². The Morgan fingerprint density at radius 3 is 2.65 bits per heavy atom. The van der Waals surface area contributed by atoms with Crippen LogP contribution in [0.15, 0.2) is 18.2 Å². The van der Waals surface area contributed by atoms with Crippen LogP contribution in [-0.2, 0) is 0 Å². The van der Waals surface area contributed by atoms with Gasteiger partial charge in [-0.05, 0) is 32.0 Å². The molecular formula is C13H18FN3. The lowest BCUT2D eigenvalue weighted by Gasteiger charge is -2.16. The molecule has 92 valence electrons. The molecule has 17 heavy (non-hydrogen) atoms. The molecule has 0 aliphatic heterocycles. The molecule has 2 aromatic rings. The average Bonchev–Trinajstić information content (AvgIpc) is 2.66. The molecular weight excluding hydrogens is 217 g/mol. The Kier molecular flexibility index (Phi) is 3.15. The molecule has 0 aliphatic rings. The highest BCUT2D eigenvalue weighted by Gasteiger charge is 2.17. The molecule has 0 radical (unpaired) electrons. The van der Waals surface area contributed by atoms with Crippen LogP contribution in [0.25, 0.3) is 11.0 Å². The standard InChI is InChI=1S/C13H18FN3/c1-8(2)17-12-6-10(14)4-5-11(12)16-13(17)9(3)7-15/h4-6,8-9H,7,15H2,1-3H3. The first-order valence-corrected chi connectivity index (χ1v) is 5.92. The van der Waals surface area contributed by atoms with E-state index < -0.39 is 0 Å². The molecule has 2 N–H and O–H groups in total. The molecule has 2 rings (SSSR count). The lowest BCUT2D eigenvalue weighted by molar-refractivity contribution is 0.552. The largest absolute Gasteiger partial charge is 0.330 e. The van der Waals surface area contributed by atoms with Crippen molar-refractivity contribution >= 4 is 11.0 Å². The predicted molar refractivity (Wildman–Crippen MR) is 67.5 cm³/mol. The Bertz CT molecular complexity index is 531. The number of halogens is 1. The number of imidazole rings is 1. The van der Waals surface area contributed by atoms with Crippen molar-refractivity contribution in [3.05, 3.63) is 29.8 Å². The number of benzene rings is 1. The van der Waals surface area contributed by atoms with Crippen molar-refractivity contribution in [2.75, 3.05) is 6.54 Å². The van der Waals surface area contributed by atoms with Gasteiger partial charge in [-0.25, -0.2) is 9.37 Å². The molecule has 0 amide bonds. The smallest absolute Gasteiger partial charge is 0.125 e. The third-order valence-corrected chi connectivity index (χ3v) is 2.99. The zero-order valence-electron chi connectivity index (χ0n) is 10.4. The van der Waals surface area contributed by atoms with Gasteiger partial charge in [0.25, 0.3) is 0 Å². The number of aromatic nitrogens is 2. The molecule has 3 nitrogen and oxygen atoms in total. The SMILES string of the molecule is CC(CN)c1nc2ccc(F)cc2n1C(C)C. The summed E-state index contributed by atoms with van der Waals surface area (Å²) in [5, 5.41) is 0. The van der Waals surface area contributed by atoms with Gasteiger partial charge in [0, 0.05) is 18.5 Å². The zero-order chi connectivity index (χ0) is 12.6. The van der Waals surface area contributed by atoms with Gasteiger partial charge in [0.1, 0.15) is 11.6 Å². The minimum absolute atomic E-state index is 0.174. The van der Waals surface area contributed by atoms with Gasteiger partial charge >= 0.3 is 0 Å². The molecule has 0 saturated heterocycles. The van der Waals surface area contributed by atoms with E-state index in [4.69, 9.17) is 5.73 Å². The van der Waals surface area contributed by atoms with Gasteiger partial charge in [-0.1, -0.05) is 6.92 Å². The number of hydrogen-bond donors (Lipinski definition) is 1. The average molecular weight is 235 g/mol. The van der Waals surface area contributed by atoms with Crippen LogP contribution in [0, 0.1) is 5.82 Å². The summed E-state index contributed by atoms with van der Waals surface area (Å²) in [6, 6.07) is 4.94. The van der Waals surface area contributed by atoms with E-state index in [2.05, 4.69) is 23.4 Å². The molecule has 1 heterocycles. The maximum Gasteiger partial charge on any atom is 0.125 e. The number of nitrogens with two attached hydrogens (primary N) is 1. The fraction of sp³-hybridized carbons (Fsp3) is 0.462. The van der Waals surface area contributed by atoms with Gasteiger partial charge in [-0.15, -0.1) is 0 Å². The van der Waals surface area contributed by atoms with Gasteiger partial charge < -0.3 is 10.3 Å². The van der Waals surface area contributed by atoms with E-state index in [1.54, 1.807) is 6.07 Å². The first kappa shape index (κ1) is 12.0. The van der Waals surface area contributed by atoms with Crippen molar-refractivity contribution < 1.29 is 4.39 Å². The zero-order valence-corrected chi connectivity index (χ0v) is 10.4. The quantitative estimate of drug-likeness (QED) is 0.889. The van der Waals surface area contributed by atoms with Crippen LogP contribution < -0.4 is 5.73 Å². The summed E-state index contributed by atoms with van der Waals surface area (Å²) < 4.78 is 15.4. The van der Waals surface area contributed by atoms with Crippen LogP contribution in [0.2, 0.25) is 0 Å². The Balaban J connectivity index is 2.71. The summed E-state index contributed by atoms with van der Waals surface area (Å²) in [4.78, 5) is 4.56. The summed E-state index contributed by atoms with van der Waals surface area (Å²) in [5.74, 6) is 0.877. The second-order valence-corrected chi connectivity index (χ2v) is 4.70. The maximum absolute atomic E-state index is 13.3. The molecule has 4 heteroatoms. The van der Waals surface area contributed by atoms with E-state index in [-0.39, 0.29) is 17.8 Å². The number of fused-ring (bicyclic) bond motifs is 1. The first-order valence-electron chi connectivity index (χ1n) is 5.92. The van der Waals surface area contributed by atoms with Gasteiger partial charge in [0.05, 0.1) is 11.0 Å². The van der Waals surface area contributed by atoms with Crippen molar-refractivity contribution in [1.29, 1.82) is 0 Å². The molecule has 0 bridgehead atoms.